The van der Waals surface area contributed by atoms with Crippen molar-refractivity contribution >= 4 is 33.7 Å². The number of thiazole rings is 1. The molecule has 0 aliphatic carbocycles. The van der Waals surface area contributed by atoms with Crippen molar-refractivity contribution in [1.29, 1.82) is 0 Å². The van der Waals surface area contributed by atoms with Gasteiger partial charge in [-0.3, -0.25) is 0 Å². The maximum atomic E-state index is 13.2. The Hall–Kier alpha value is -2.24. The van der Waals surface area contributed by atoms with Gasteiger partial charge in [-0.25, -0.2) is 9.37 Å². The molecule has 0 saturated carbocycles. The highest BCUT2D eigenvalue weighted by Crippen LogP contribution is 2.33. The van der Waals surface area contributed by atoms with Crippen molar-refractivity contribution in [1.82, 2.24) is 4.98 Å². The van der Waals surface area contributed by atoms with Crippen LogP contribution in [0.4, 0.5) is 4.39 Å². The molecular formula is C18H14FNO2S. The standard InChI is InChI=1S/C18H14FNO2S/c19-12-3-5-17-14(10-12)20-18(23-17)6-2-11-1-4-16-13(9-11)15(21)7-8-22-16/h1-6,9-10,15,21H,7-8H2/b6-2+. The Morgan fingerprint density at radius 3 is 3.04 bits per heavy atom. The van der Waals surface area contributed by atoms with E-state index in [1.165, 1.54) is 23.5 Å². The zero-order valence-electron chi connectivity index (χ0n) is 12.2. The van der Waals surface area contributed by atoms with Crippen LogP contribution in [0.1, 0.15) is 28.7 Å². The summed E-state index contributed by atoms with van der Waals surface area (Å²) in [5.74, 6) is 0.471. The number of aliphatic hydroxyl groups is 1. The van der Waals surface area contributed by atoms with Crippen molar-refractivity contribution in [3.63, 3.8) is 0 Å². The summed E-state index contributed by atoms with van der Waals surface area (Å²) >= 11 is 1.52. The predicted octanol–water partition coefficient (Wildman–Crippen LogP) is 4.42. The topological polar surface area (TPSA) is 42.4 Å². The smallest absolute Gasteiger partial charge is 0.125 e. The number of rotatable bonds is 2. The van der Waals surface area contributed by atoms with Crippen molar-refractivity contribution in [3.8, 4) is 5.75 Å². The molecule has 1 aromatic heterocycles. The van der Waals surface area contributed by atoms with E-state index in [4.69, 9.17) is 4.74 Å². The highest BCUT2D eigenvalue weighted by Gasteiger charge is 2.18. The maximum Gasteiger partial charge on any atom is 0.125 e. The van der Waals surface area contributed by atoms with Gasteiger partial charge in [-0.1, -0.05) is 12.1 Å². The second-order valence-electron chi connectivity index (χ2n) is 5.45. The van der Waals surface area contributed by atoms with Crippen molar-refractivity contribution < 1.29 is 14.2 Å². The lowest BCUT2D eigenvalue weighted by atomic mass is 10.0. The first-order valence-corrected chi connectivity index (χ1v) is 8.20. The minimum atomic E-state index is -0.475. The Balaban J connectivity index is 1.63. The first-order valence-electron chi connectivity index (χ1n) is 7.38. The monoisotopic (exact) mass is 327 g/mol. The molecule has 116 valence electrons. The third kappa shape index (κ3) is 2.85. The molecule has 0 fully saturated rings. The summed E-state index contributed by atoms with van der Waals surface area (Å²) in [6.07, 6.45) is 3.98. The molecule has 0 saturated heterocycles. The minimum absolute atomic E-state index is 0.276. The van der Waals surface area contributed by atoms with Crippen molar-refractivity contribution in [2.45, 2.75) is 12.5 Å². The number of hydrogen-bond donors (Lipinski definition) is 1. The number of hydrogen-bond acceptors (Lipinski definition) is 4. The van der Waals surface area contributed by atoms with E-state index in [0.29, 0.717) is 18.5 Å². The summed E-state index contributed by atoms with van der Waals surface area (Å²) in [5, 5.41) is 10.9. The number of aliphatic hydroxyl groups excluding tert-OH is 1. The van der Waals surface area contributed by atoms with Crippen LogP contribution in [0, 0.1) is 5.82 Å². The molecule has 0 bridgehead atoms. The fourth-order valence-electron chi connectivity index (χ4n) is 2.66. The second-order valence-corrected chi connectivity index (χ2v) is 6.51. The average molecular weight is 327 g/mol. The van der Waals surface area contributed by atoms with Crippen LogP contribution in [-0.2, 0) is 0 Å². The Morgan fingerprint density at radius 1 is 1.22 bits per heavy atom. The SMILES string of the molecule is OC1CCOc2ccc(/C=C/c3nc4cc(F)ccc4s3)cc21. The van der Waals surface area contributed by atoms with E-state index in [0.717, 1.165) is 26.6 Å². The zero-order valence-corrected chi connectivity index (χ0v) is 13.0. The molecule has 2 aromatic carbocycles. The van der Waals surface area contributed by atoms with E-state index in [-0.39, 0.29) is 5.82 Å². The van der Waals surface area contributed by atoms with E-state index in [1.807, 2.05) is 30.4 Å². The average Bonchev–Trinajstić information content (AvgIpc) is 2.95. The summed E-state index contributed by atoms with van der Waals surface area (Å²) in [4.78, 5) is 4.41. The Kier molecular flexibility index (Phi) is 3.59. The van der Waals surface area contributed by atoms with Gasteiger partial charge in [-0.05, 0) is 35.9 Å². The van der Waals surface area contributed by atoms with Crippen LogP contribution in [0.5, 0.6) is 5.75 Å². The number of fused-ring (bicyclic) bond motifs is 2. The number of aromatic nitrogens is 1. The van der Waals surface area contributed by atoms with Gasteiger partial charge in [0.25, 0.3) is 0 Å². The lowest BCUT2D eigenvalue weighted by molar-refractivity contribution is 0.115. The van der Waals surface area contributed by atoms with Gasteiger partial charge in [0.2, 0.25) is 0 Å². The number of ether oxygens (including phenoxy) is 1. The van der Waals surface area contributed by atoms with E-state index >= 15 is 0 Å². The molecule has 23 heavy (non-hydrogen) atoms. The van der Waals surface area contributed by atoms with Crippen molar-refractivity contribution in [3.05, 3.63) is 58.3 Å². The van der Waals surface area contributed by atoms with Gasteiger partial charge in [-0.2, -0.15) is 0 Å². The lowest BCUT2D eigenvalue weighted by Crippen LogP contribution is -2.13. The van der Waals surface area contributed by atoms with Crippen LogP contribution in [-0.4, -0.2) is 16.7 Å². The molecule has 1 aliphatic heterocycles. The summed E-state index contributed by atoms with van der Waals surface area (Å²) in [6, 6.07) is 10.4. The van der Waals surface area contributed by atoms with Crippen LogP contribution >= 0.6 is 11.3 Å². The van der Waals surface area contributed by atoms with E-state index < -0.39 is 6.10 Å². The normalized spacial score (nSPS) is 17.4. The van der Waals surface area contributed by atoms with Gasteiger partial charge < -0.3 is 9.84 Å². The van der Waals surface area contributed by atoms with Crippen LogP contribution < -0.4 is 4.74 Å². The number of benzene rings is 2. The zero-order chi connectivity index (χ0) is 15.8. The van der Waals surface area contributed by atoms with E-state index in [2.05, 4.69) is 4.98 Å². The molecule has 1 N–H and O–H groups in total. The molecule has 2 heterocycles. The summed E-state index contributed by atoms with van der Waals surface area (Å²) < 4.78 is 19.7. The quantitative estimate of drug-likeness (QED) is 0.757. The van der Waals surface area contributed by atoms with Crippen LogP contribution in [0.25, 0.3) is 22.4 Å². The fraction of sp³-hybridized carbons (Fsp3) is 0.167. The van der Waals surface area contributed by atoms with Crippen LogP contribution in [0.3, 0.4) is 0 Å². The molecule has 0 radical (unpaired) electrons. The third-order valence-electron chi connectivity index (χ3n) is 3.83. The molecule has 1 unspecified atom stereocenters. The first kappa shape index (κ1) is 14.4. The molecule has 1 atom stereocenters. The molecule has 3 aromatic rings. The van der Waals surface area contributed by atoms with E-state index in [9.17, 15) is 9.50 Å². The molecule has 1 aliphatic rings. The maximum absolute atomic E-state index is 13.2. The summed E-state index contributed by atoms with van der Waals surface area (Å²) in [6.45, 7) is 0.547. The van der Waals surface area contributed by atoms with E-state index in [1.54, 1.807) is 6.07 Å². The van der Waals surface area contributed by atoms with Crippen LogP contribution in [0.2, 0.25) is 0 Å². The summed E-state index contributed by atoms with van der Waals surface area (Å²) in [5.41, 5.74) is 2.47. The number of halogens is 1. The first-order chi connectivity index (χ1) is 11.2. The highest BCUT2D eigenvalue weighted by atomic mass is 32.1. The van der Waals surface area contributed by atoms with Crippen molar-refractivity contribution in [2.75, 3.05) is 6.61 Å². The summed E-state index contributed by atoms with van der Waals surface area (Å²) in [7, 11) is 0. The fourth-order valence-corrected chi connectivity index (χ4v) is 3.51. The predicted molar refractivity (Wildman–Crippen MR) is 90.0 cm³/mol. The van der Waals surface area contributed by atoms with Gasteiger partial charge in [0.05, 0.1) is 22.9 Å². The van der Waals surface area contributed by atoms with Gasteiger partial charge in [0.15, 0.2) is 0 Å². The third-order valence-corrected chi connectivity index (χ3v) is 4.83. The van der Waals surface area contributed by atoms with Crippen molar-refractivity contribution in [2.24, 2.45) is 0 Å². The Labute approximate surface area is 136 Å². The van der Waals surface area contributed by atoms with Gasteiger partial charge in [-0.15, -0.1) is 11.3 Å². The van der Waals surface area contributed by atoms with Gasteiger partial charge >= 0.3 is 0 Å². The van der Waals surface area contributed by atoms with Gasteiger partial charge in [0.1, 0.15) is 16.6 Å². The lowest BCUT2D eigenvalue weighted by Gasteiger charge is -2.22. The molecule has 5 heteroatoms. The molecule has 0 amide bonds. The number of nitrogens with zero attached hydrogens (tertiary/aromatic N) is 1. The second kappa shape index (κ2) is 5.76. The van der Waals surface area contributed by atoms with Gasteiger partial charge in [0, 0.05) is 18.1 Å². The minimum Gasteiger partial charge on any atom is -0.493 e. The molecule has 4 rings (SSSR count). The Bertz CT molecular complexity index is 903. The molecule has 3 nitrogen and oxygen atoms in total. The van der Waals surface area contributed by atoms with Crippen LogP contribution in [0.15, 0.2) is 36.4 Å². The largest absolute Gasteiger partial charge is 0.493 e. The Morgan fingerprint density at radius 2 is 2.13 bits per heavy atom. The molecular weight excluding hydrogens is 313 g/mol. The molecule has 0 spiro atoms. The highest BCUT2D eigenvalue weighted by molar-refractivity contribution is 7.19.